The number of rotatable bonds is 4. The Morgan fingerprint density at radius 1 is 1.50 bits per heavy atom. The number of hydrogen-bond acceptors (Lipinski definition) is 4. The number of methoxy groups -OCH3 is 1. The number of ether oxygens (including phenoxy) is 2. The maximum absolute atomic E-state index is 11.6. The number of carbonyl (C=O) groups excluding carboxylic acids is 1. The molecule has 3 rings (SSSR count). The normalized spacial score (nSPS) is 39.3. The number of esters is 1. The molecule has 1 aliphatic carbocycles. The van der Waals surface area contributed by atoms with E-state index in [9.17, 15) is 4.79 Å². The van der Waals surface area contributed by atoms with Gasteiger partial charge in [-0.3, -0.25) is 4.79 Å². The van der Waals surface area contributed by atoms with Crippen LogP contribution in [0.15, 0.2) is 0 Å². The van der Waals surface area contributed by atoms with E-state index < -0.39 is 0 Å². The van der Waals surface area contributed by atoms with Crippen molar-refractivity contribution in [3.8, 4) is 0 Å². The van der Waals surface area contributed by atoms with Gasteiger partial charge in [0.1, 0.15) is 5.54 Å². The van der Waals surface area contributed by atoms with Gasteiger partial charge in [0.2, 0.25) is 0 Å². The maximum Gasteiger partial charge on any atom is 0.326 e. The van der Waals surface area contributed by atoms with Crippen molar-refractivity contribution in [3.05, 3.63) is 0 Å². The summed E-state index contributed by atoms with van der Waals surface area (Å²) in [5.74, 6) is -0.0933. The summed E-state index contributed by atoms with van der Waals surface area (Å²) in [6, 6.07) is 0. The summed E-state index contributed by atoms with van der Waals surface area (Å²) < 4.78 is 10.2. The zero-order valence-corrected chi connectivity index (χ0v) is 8.76. The first kappa shape index (κ1) is 9.93. The van der Waals surface area contributed by atoms with E-state index in [4.69, 9.17) is 9.47 Å². The summed E-state index contributed by atoms with van der Waals surface area (Å²) >= 11 is 0. The predicted octanol–water partition coefficient (Wildman–Crippen LogP) is 0.318. The van der Waals surface area contributed by atoms with Gasteiger partial charge in [-0.1, -0.05) is 0 Å². The molecule has 4 heteroatoms. The minimum Gasteiger partial charge on any atom is -0.465 e. The third-order valence-corrected chi connectivity index (χ3v) is 3.27. The first-order valence-corrected chi connectivity index (χ1v) is 5.08. The molecule has 1 N–H and O–H groups in total. The van der Waals surface area contributed by atoms with Crippen molar-refractivity contribution in [1.29, 1.82) is 0 Å². The van der Waals surface area contributed by atoms with Crippen LogP contribution in [-0.4, -0.2) is 38.4 Å². The van der Waals surface area contributed by atoms with Crippen molar-refractivity contribution in [2.45, 2.75) is 25.3 Å². The lowest BCUT2D eigenvalue weighted by Gasteiger charge is -2.43. The fraction of sp³-hybridized carbons (Fsp3) is 0.900. The molecule has 2 aliphatic heterocycles. The average Bonchev–Trinajstić information content (AvgIpc) is 2.60. The Morgan fingerprint density at radius 3 is 2.79 bits per heavy atom. The second-order valence-electron chi connectivity index (χ2n) is 4.44. The maximum atomic E-state index is 11.6. The summed E-state index contributed by atoms with van der Waals surface area (Å²) in [7, 11) is 1.71. The summed E-state index contributed by atoms with van der Waals surface area (Å²) in [4.78, 5) is 11.6. The Labute approximate surface area is 84.0 Å². The summed E-state index contributed by atoms with van der Waals surface area (Å²) in [6.07, 6.45) is 1.74. The highest BCUT2D eigenvalue weighted by molar-refractivity contribution is 5.83. The molecule has 2 saturated heterocycles. The van der Waals surface area contributed by atoms with Crippen molar-refractivity contribution in [3.63, 3.8) is 0 Å². The lowest BCUT2D eigenvalue weighted by molar-refractivity contribution is -0.157. The molecule has 1 saturated carbocycles. The zero-order chi connectivity index (χ0) is 10.2. The van der Waals surface area contributed by atoms with Crippen LogP contribution in [0.1, 0.15) is 19.8 Å². The van der Waals surface area contributed by atoms with Crippen LogP contribution in [0.5, 0.6) is 0 Å². The van der Waals surface area contributed by atoms with Gasteiger partial charge in [-0.15, -0.1) is 0 Å². The lowest BCUT2D eigenvalue weighted by Crippen LogP contribution is -2.55. The van der Waals surface area contributed by atoms with Gasteiger partial charge in [0.25, 0.3) is 0 Å². The number of fused-ring (bicyclic) bond motifs is 1. The molecule has 0 aromatic heterocycles. The monoisotopic (exact) mass is 199 g/mol. The van der Waals surface area contributed by atoms with Crippen molar-refractivity contribution >= 4 is 5.97 Å². The number of hydrogen-bond donors (Lipinski definition) is 1. The lowest BCUT2D eigenvalue weighted by atomic mass is 9.62. The van der Waals surface area contributed by atoms with E-state index in [1.54, 1.807) is 7.11 Å². The van der Waals surface area contributed by atoms with Crippen LogP contribution < -0.4 is 5.32 Å². The first-order valence-electron chi connectivity index (χ1n) is 5.08. The van der Waals surface area contributed by atoms with E-state index in [2.05, 4.69) is 5.32 Å². The molecule has 0 aromatic rings. The highest BCUT2D eigenvalue weighted by atomic mass is 16.5. The van der Waals surface area contributed by atoms with Crippen LogP contribution in [0.3, 0.4) is 0 Å². The van der Waals surface area contributed by atoms with Gasteiger partial charge in [-0.25, -0.2) is 0 Å². The Hall–Kier alpha value is -0.610. The third kappa shape index (κ3) is 1.25. The molecule has 3 aliphatic rings. The van der Waals surface area contributed by atoms with Gasteiger partial charge in [0, 0.05) is 19.1 Å². The van der Waals surface area contributed by atoms with Crippen molar-refractivity contribution in [2.75, 3.05) is 26.9 Å². The number of nitrogens with one attached hydrogen (secondary N) is 1. The zero-order valence-electron chi connectivity index (χ0n) is 8.76. The minimum absolute atomic E-state index is 0.0933. The van der Waals surface area contributed by atoms with E-state index >= 15 is 0 Å². The number of carbonyl (C=O) groups is 1. The van der Waals surface area contributed by atoms with Crippen molar-refractivity contribution in [2.24, 2.45) is 5.41 Å². The molecule has 0 radical (unpaired) electrons. The summed E-state index contributed by atoms with van der Waals surface area (Å²) in [5, 5.41) is 3.26. The molecule has 0 unspecified atom stereocenters. The van der Waals surface area contributed by atoms with Gasteiger partial charge < -0.3 is 14.8 Å². The quantitative estimate of drug-likeness (QED) is 0.662. The van der Waals surface area contributed by atoms with Gasteiger partial charge in [-0.05, 0) is 19.8 Å². The van der Waals surface area contributed by atoms with Gasteiger partial charge in [-0.2, -0.15) is 0 Å². The van der Waals surface area contributed by atoms with Crippen LogP contribution in [0.25, 0.3) is 0 Å². The largest absolute Gasteiger partial charge is 0.465 e. The summed E-state index contributed by atoms with van der Waals surface area (Å²) in [6.45, 7) is 3.91. The van der Waals surface area contributed by atoms with E-state index in [0.29, 0.717) is 6.61 Å². The molecular formula is C10H17NO3. The highest BCUT2D eigenvalue weighted by Gasteiger charge is 2.65. The summed E-state index contributed by atoms with van der Waals surface area (Å²) in [5.41, 5.74) is -0.184. The third-order valence-electron chi connectivity index (χ3n) is 3.27. The second kappa shape index (κ2) is 3.21. The van der Waals surface area contributed by atoms with Crippen LogP contribution in [0.2, 0.25) is 0 Å². The Morgan fingerprint density at radius 2 is 2.21 bits per heavy atom. The first-order chi connectivity index (χ1) is 6.66. The van der Waals surface area contributed by atoms with E-state index in [1.165, 1.54) is 0 Å². The van der Waals surface area contributed by atoms with E-state index in [-0.39, 0.29) is 16.9 Å². The SMILES string of the molecule is CCOC(=O)C12CC(COC)(CN1)C2. The highest BCUT2D eigenvalue weighted by Crippen LogP contribution is 2.54. The predicted molar refractivity (Wildman–Crippen MR) is 50.9 cm³/mol. The van der Waals surface area contributed by atoms with Crippen molar-refractivity contribution < 1.29 is 14.3 Å². The Kier molecular flexibility index (Phi) is 2.27. The molecule has 0 spiro atoms. The van der Waals surface area contributed by atoms with Crippen molar-refractivity contribution in [1.82, 2.24) is 5.32 Å². The molecule has 4 nitrogen and oxygen atoms in total. The molecule has 80 valence electrons. The van der Waals surface area contributed by atoms with Crippen LogP contribution in [0.4, 0.5) is 0 Å². The second-order valence-corrected chi connectivity index (χ2v) is 4.44. The van der Waals surface area contributed by atoms with Crippen LogP contribution in [0, 0.1) is 5.41 Å². The Balaban J connectivity index is 1.96. The fourth-order valence-electron chi connectivity index (χ4n) is 2.78. The van der Waals surface area contributed by atoms with Gasteiger partial charge in [0.05, 0.1) is 13.2 Å². The fourth-order valence-corrected chi connectivity index (χ4v) is 2.78. The van der Waals surface area contributed by atoms with Crippen LogP contribution in [-0.2, 0) is 14.3 Å². The molecular weight excluding hydrogens is 182 g/mol. The molecule has 14 heavy (non-hydrogen) atoms. The van der Waals surface area contributed by atoms with E-state index in [0.717, 1.165) is 26.0 Å². The smallest absolute Gasteiger partial charge is 0.326 e. The molecule has 0 aromatic carbocycles. The molecule has 2 bridgehead atoms. The molecule has 0 amide bonds. The Bertz CT molecular complexity index is 246. The topological polar surface area (TPSA) is 47.6 Å². The molecule has 3 fully saturated rings. The average molecular weight is 199 g/mol. The van der Waals surface area contributed by atoms with Crippen LogP contribution >= 0.6 is 0 Å². The molecule has 0 atom stereocenters. The van der Waals surface area contributed by atoms with Gasteiger partial charge >= 0.3 is 5.97 Å². The van der Waals surface area contributed by atoms with E-state index in [1.807, 2.05) is 6.92 Å². The molecule has 2 heterocycles. The van der Waals surface area contributed by atoms with Gasteiger partial charge in [0.15, 0.2) is 0 Å². The minimum atomic E-state index is -0.380. The standard InChI is InChI=1S/C10H17NO3/c1-3-14-8(12)10-4-9(5-10,6-11-10)7-13-2/h11H,3-7H2,1-2H3.